The van der Waals surface area contributed by atoms with E-state index in [-0.39, 0.29) is 11.6 Å². The number of aryl methyl sites for hydroxylation is 2. The van der Waals surface area contributed by atoms with Gasteiger partial charge in [0.2, 0.25) is 0 Å². The lowest BCUT2D eigenvalue weighted by Gasteiger charge is -2.26. The lowest BCUT2D eigenvalue weighted by Crippen LogP contribution is -2.42. The fourth-order valence-corrected chi connectivity index (χ4v) is 2.34. The van der Waals surface area contributed by atoms with Crippen molar-refractivity contribution < 1.29 is 4.74 Å². The van der Waals surface area contributed by atoms with Crippen LogP contribution in [0, 0.1) is 13.8 Å². The molecular formula is C17H28BrNO. The summed E-state index contributed by atoms with van der Waals surface area (Å²) >= 11 is 3.60. The molecule has 0 saturated heterocycles. The summed E-state index contributed by atoms with van der Waals surface area (Å²) in [6.45, 7) is 13.8. The van der Waals surface area contributed by atoms with E-state index in [9.17, 15) is 0 Å². The molecule has 0 amide bonds. The SMILES string of the molecule is CCCC(CNC(C)(C)C)Oc1cc(C)c(Br)c(C)c1. The quantitative estimate of drug-likeness (QED) is 0.785. The molecule has 2 nitrogen and oxygen atoms in total. The van der Waals surface area contributed by atoms with Gasteiger partial charge in [-0.05, 0) is 64.3 Å². The van der Waals surface area contributed by atoms with E-state index >= 15 is 0 Å². The minimum atomic E-state index is 0.126. The Morgan fingerprint density at radius 2 is 1.75 bits per heavy atom. The molecule has 1 unspecified atom stereocenters. The van der Waals surface area contributed by atoms with E-state index in [2.05, 4.69) is 74.9 Å². The molecule has 0 aliphatic rings. The summed E-state index contributed by atoms with van der Waals surface area (Å²) in [6.07, 6.45) is 2.42. The zero-order valence-electron chi connectivity index (χ0n) is 13.6. The Balaban J connectivity index is 2.75. The summed E-state index contributed by atoms with van der Waals surface area (Å²) in [5.41, 5.74) is 2.57. The van der Waals surface area contributed by atoms with E-state index in [4.69, 9.17) is 4.74 Å². The van der Waals surface area contributed by atoms with Crippen molar-refractivity contribution in [2.75, 3.05) is 6.54 Å². The molecule has 0 saturated carbocycles. The van der Waals surface area contributed by atoms with E-state index in [0.717, 1.165) is 25.1 Å². The highest BCUT2D eigenvalue weighted by atomic mass is 79.9. The van der Waals surface area contributed by atoms with E-state index in [0.29, 0.717) is 0 Å². The smallest absolute Gasteiger partial charge is 0.120 e. The molecular weight excluding hydrogens is 314 g/mol. The van der Waals surface area contributed by atoms with Crippen LogP contribution in [0.25, 0.3) is 0 Å². The third kappa shape index (κ3) is 5.84. The molecule has 1 rings (SSSR count). The molecule has 0 aromatic heterocycles. The Hall–Kier alpha value is -0.540. The van der Waals surface area contributed by atoms with Crippen molar-refractivity contribution in [1.29, 1.82) is 0 Å². The molecule has 0 aliphatic carbocycles. The van der Waals surface area contributed by atoms with Crippen LogP contribution >= 0.6 is 15.9 Å². The molecule has 0 radical (unpaired) electrons. The van der Waals surface area contributed by atoms with Gasteiger partial charge in [-0.25, -0.2) is 0 Å². The number of halogens is 1. The van der Waals surface area contributed by atoms with Crippen molar-refractivity contribution in [3.8, 4) is 5.75 Å². The maximum atomic E-state index is 6.18. The molecule has 20 heavy (non-hydrogen) atoms. The number of nitrogens with one attached hydrogen (secondary N) is 1. The molecule has 1 aromatic rings. The molecule has 1 N–H and O–H groups in total. The Bertz CT molecular complexity index is 414. The Kier molecular flexibility index (Phi) is 6.53. The van der Waals surface area contributed by atoms with Crippen LogP contribution in [0.1, 0.15) is 51.7 Å². The average molecular weight is 342 g/mol. The summed E-state index contributed by atoms with van der Waals surface area (Å²) in [5.74, 6) is 0.970. The van der Waals surface area contributed by atoms with Crippen LogP contribution in [-0.2, 0) is 0 Å². The number of rotatable bonds is 6. The predicted molar refractivity (Wildman–Crippen MR) is 90.7 cm³/mol. The molecule has 0 aliphatic heterocycles. The minimum Gasteiger partial charge on any atom is -0.489 e. The predicted octanol–water partition coefficient (Wildman–Crippen LogP) is 5.00. The van der Waals surface area contributed by atoms with Gasteiger partial charge in [-0.1, -0.05) is 29.3 Å². The van der Waals surface area contributed by atoms with Gasteiger partial charge in [-0.3, -0.25) is 0 Å². The van der Waals surface area contributed by atoms with Gasteiger partial charge < -0.3 is 10.1 Å². The van der Waals surface area contributed by atoms with Crippen LogP contribution in [0.15, 0.2) is 16.6 Å². The van der Waals surface area contributed by atoms with Gasteiger partial charge in [0.15, 0.2) is 0 Å². The van der Waals surface area contributed by atoms with Crippen LogP contribution < -0.4 is 10.1 Å². The number of hydrogen-bond donors (Lipinski definition) is 1. The number of benzene rings is 1. The zero-order chi connectivity index (χ0) is 15.3. The molecule has 114 valence electrons. The lowest BCUT2D eigenvalue weighted by molar-refractivity contribution is 0.174. The van der Waals surface area contributed by atoms with Crippen molar-refractivity contribution in [2.24, 2.45) is 0 Å². The van der Waals surface area contributed by atoms with Crippen molar-refractivity contribution in [3.63, 3.8) is 0 Å². The summed E-state index contributed by atoms with van der Waals surface area (Å²) in [5, 5.41) is 3.53. The fourth-order valence-electron chi connectivity index (χ4n) is 2.11. The first-order valence-corrected chi connectivity index (χ1v) is 8.20. The van der Waals surface area contributed by atoms with Gasteiger partial charge in [0.25, 0.3) is 0 Å². The summed E-state index contributed by atoms with van der Waals surface area (Å²) in [7, 11) is 0. The highest BCUT2D eigenvalue weighted by molar-refractivity contribution is 9.10. The zero-order valence-corrected chi connectivity index (χ0v) is 15.2. The van der Waals surface area contributed by atoms with Gasteiger partial charge in [-0.2, -0.15) is 0 Å². The first kappa shape index (κ1) is 17.5. The van der Waals surface area contributed by atoms with Gasteiger partial charge in [0, 0.05) is 16.6 Å². The second kappa shape index (κ2) is 7.46. The van der Waals surface area contributed by atoms with Gasteiger partial charge in [0.1, 0.15) is 11.9 Å². The lowest BCUT2D eigenvalue weighted by atomic mass is 10.1. The maximum Gasteiger partial charge on any atom is 0.120 e. The normalized spacial score (nSPS) is 13.3. The van der Waals surface area contributed by atoms with Crippen molar-refractivity contribution in [3.05, 3.63) is 27.7 Å². The summed E-state index contributed by atoms with van der Waals surface area (Å²) in [6, 6.07) is 4.22. The molecule has 0 spiro atoms. The topological polar surface area (TPSA) is 21.3 Å². The monoisotopic (exact) mass is 341 g/mol. The van der Waals surface area contributed by atoms with Crippen LogP contribution in [0.2, 0.25) is 0 Å². The van der Waals surface area contributed by atoms with Crippen molar-refractivity contribution >= 4 is 15.9 Å². The fraction of sp³-hybridized carbons (Fsp3) is 0.647. The molecule has 3 heteroatoms. The molecule has 1 atom stereocenters. The second-order valence-corrected chi connectivity index (χ2v) is 7.32. The largest absolute Gasteiger partial charge is 0.489 e. The van der Waals surface area contributed by atoms with Gasteiger partial charge >= 0.3 is 0 Å². The minimum absolute atomic E-state index is 0.126. The first-order valence-electron chi connectivity index (χ1n) is 7.41. The van der Waals surface area contributed by atoms with Crippen LogP contribution in [0.4, 0.5) is 0 Å². The van der Waals surface area contributed by atoms with Crippen LogP contribution in [-0.4, -0.2) is 18.2 Å². The standard InChI is InChI=1S/C17H28BrNO/c1-7-8-14(11-19-17(4,5)6)20-15-9-12(2)16(18)13(3)10-15/h9-10,14,19H,7-8,11H2,1-6H3. The van der Waals surface area contributed by atoms with E-state index in [1.165, 1.54) is 15.6 Å². The highest BCUT2D eigenvalue weighted by Crippen LogP contribution is 2.27. The van der Waals surface area contributed by atoms with Gasteiger partial charge in [-0.15, -0.1) is 0 Å². The van der Waals surface area contributed by atoms with Gasteiger partial charge in [0.05, 0.1) is 0 Å². The van der Waals surface area contributed by atoms with Crippen molar-refractivity contribution in [1.82, 2.24) is 5.32 Å². The van der Waals surface area contributed by atoms with E-state index in [1.54, 1.807) is 0 Å². The maximum absolute atomic E-state index is 6.18. The average Bonchev–Trinajstić information content (AvgIpc) is 2.32. The third-order valence-electron chi connectivity index (χ3n) is 3.18. The van der Waals surface area contributed by atoms with E-state index in [1.807, 2.05) is 0 Å². The first-order chi connectivity index (χ1) is 9.23. The summed E-state index contributed by atoms with van der Waals surface area (Å²) < 4.78 is 7.35. The van der Waals surface area contributed by atoms with Crippen LogP contribution in [0.3, 0.4) is 0 Å². The Morgan fingerprint density at radius 1 is 1.20 bits per heavy atom. The van der Waals surface area contributed by atoms with Crippen LogP contribution in [0.5, 0.6) is 5.75 Å². The van der Waals surface area contributed by atoms with E-state index < -0.39 is 0 Å². The van der Waals surface area contributed by atoms with Crippen molar-refractivity contribution in [2.45, 2.75) is 66.0 Å². The Labute approximate surface area is 132 Å². The second-order valence-electron chi connectivity index (χ2n) is 6.53. The number of hydrogen-bond acceptors (Lipinski definition) is 2. The molecule has 0 heterocycles. The number of ether oxygens (including phenoxy) is 1. The molecule has 0 fully saturated rings. The molecule has 0 bridgehead atoms. The Morgan fingerprint density at radius 3 is 2.20 bits per heavy atom. The third-order valence-corrected chi connectivity index (χ3v) is 4.43. The highest BCUT2D eigenvalue weighted by Gasteiger charge is 2.15. The molecule has 1 aromatic carbocycles. The summed E-state index contributed by atoms with van der Waals surface area (Å²) in [4.78, 5) is 0.